The molecule has 0 N–H and O–H groups in total. The summed E-state index contributed by atoms with van der Waals surface area (Å²) < 4.78 is 43.1. The molecule has 0 atom stereocenters. The predicted molar refractivity (Wildman–Crippen MR) is 77.8 cm³/mol. The molecule has 21 heavy (non-hydrogen) atoms. The van der Waals surface area contributed by atoms with Gasteiger partial charge in [0.15, 0.2) is 0 Å². The second-order valence-electron chi connectivity index (χ2n) is 4.72. The topological polar surface area (TPSA) is 29.5 Å². The fourth-order valence-electron chi connectivity index (χ4n) is 2.29. The summed E-state index contributed by atoms with van der Waals surface area (Å²) in [6.07, 6.45) is -4.37. The fourth-order valence-corrected chi connectivity index (χ4v) is 4.50. The SMILES string of the molecule is CCOC(=O)N1CCc2sc(CC(F)(F)F)c(Br)c2CC1. The summed E-state index contributed by atoms with van der Waals surface area (Å²) in [5, 5.41) is 0. The highest BCUT2D eigenvalue weighted by Crippen LogP contribution is 2.38. The first-order valence-corrected chi connectivity index (χ1v) is 8.20. The number of fused-ring (bicyclic) bond motifs is 1. The highest BCUT2D eigenvalue weighted by Gasteiger charge is 2.32. The Hall–Kier alpha value is -0.760. The highest BCUT2D eigenvalue weighted by atomic mass is 79.9. The van der Waals surface area contributed by atoms with Crippen molar-refractivity contribution < 1.29 is 22.7 Å². The third-order valence-corrected chi connectivity index (χ3v) is 5.73. The first-order chi connectivity index (χ1) is 9.81. The zero-order valence-electron chi connectivity index (χ0n) is 11.4. The molecule has 8 heteroatoms. The molecule has 0 spiro atoms. The Kier molecular flexibility index (Phi) is 5.19. The van der Waals surface area contributed by atoms with Gasteiger partial charge in [0.25, 0.3) is 0 Å². The average Bonchev–Trinajstić information content (AvgIpc) is 2.57. The first kappa shape index (κ1) is 16.6. The molecule has 1 aromatic rings. The smallest absolute Gasteiger partial charge is 0.409 e. The van der Waals surface area contributed by atoms with Gasteiger partial charge in [-0.2, -0.15) is 13.2 Å². The van der Waals surface area contributed by atoms with Gasteiger partial charge in [-0.05, 0) is 41.3 Å². The predicted octanol–water partition coefficient (Wildman–Crippen LogP) is 4.17. The van der Waals surface area contributed by atoms with Gasteiger partial charge in [-0.25, -0.2) is 4.79 Å². The molecule has 1 aliphatic heterocycles. The van der Waals surface area contributed by atoms with E-state index in [0.717, 1.165) is 10.4 Å². The van der Waals surface area contributed by atoms with Crippen LogP contribution in [-0.2, 0) is 24.0 Å². The Morgan fingerprint density at radius 1 is 1.38 bits per heavy atom. The molecule has 0 radical (unpaired) electrons. The molecule has 0 saturated carbocycles. The lowest BCUT2D eigenvalue weighted by atomic mass is 10.1. The molecule has 1 amide bonds. The maximum absolute atomic E-state index is 12.5. The molecule has 0 saturated heterocycles. The maximum Gasteiger partial charge on any atom is 0.409 e. The van der Waals surface area contributed by atoms with Crippen LogP contribution in [0.4, 0.5) is 18.0 Å². The molecule has 0 bridgehead atoms. The van der Waals surface area contributed by atoms with Crippen LogP contribution in [0, 0.1) is 0 Å². The van der Waals surface area contributed by atoms with Crippen molar-refractivity contribution in [2.24, 2.45) is 0 Å². The first-order valence-electron chi connectivity index (χ1n) is 6.59. The Bertz CT molecular complexity index is 530. The van der Waals surface area contributed by atoms with Crippen molar-refractivity contribution in [3.8, 4) is 0 Å². The van der Waals surface area contributed by atoms with Crippen molar-refractivity contribution in [3.05, 3.63) is 19.8 Å². The van der Waals surface area contributed by atoms with Crippen molar-refractivity contribution in [1.29, 1.82) is 0 Å². The maximum atomic E-state index is 12.5. The number of rotatable bonds is 2. The number of carbonyl (C=O) groups excluding carboxylic acids is 1. The van der Waals surface area contributed by atoms with E-state index in [0.29, 0.717) is 41.9 Å². The molecule has 2 heterocycles. The normalized spacial score (nSPS) is 15.6. The van der Waals surface area contributed by atoms with Crippen LogP contribution in [0.3, 0.4) is 0 Å². The van der Waals surface area contributed by atoms with E-state index in [1.807, 2.05) is 0 Å². The van der Waals surface area contributed by atoms with Crippen LogP contribution in [0.25, 0.3) is 0 Å². The number of halogens is 4. The van der Waals surface area contributed by atoms with Crippen LogP contribution >= 0.6 is 27.3 Å². The van der Waals surface area contributed by atoms with E-state index in [1.54, 1.807) is 11.8 Å². The van der Waals surface area contributed by atoms with Crippen LogP contribution in [0.15, 0.2) is 4.47 Å². The molecule has 0 aromatic carbocycles. The number of alkyl halides is 3. The van der Waals surface area contributed by atoms with Gasteiger partial charge in [0.05, 0.1) is 13.0 Å². The molecule has 118 valence electrons. The van der Waals surface area contributed by atoms with Crippen LogP contribution < -0.4 is 0 Å². The monoisotopic (exact) mass is 385 g/mol. The van der Waals surface area contributed by atoms with E-state index in [-0.39, 0.29) is 6.09 Å². The number of nitrogens with zero attached hydrogens (tertiary/aromatic N) is 1. The van der Waals surface area contributed by atoms with Gasteiger partial charge in [-0.1, -0.05) is 0 Å². The van der Waals surface area contributed by atoms with E-state index in [4.69, 9.17) is 4.74 Å². The highest BCUT2D eigenvalue weighted by molar-refractivity contribution is 9.10. The Morgan fingerprint density at radius 3 is 2.67 bits per heavy atom. The molecule has 0 aliphatic carbocycles. The van der Waals surface area contributed by atoms with Gasteiger partial charge in [0, 0.05) is 27.3 Å². The number of amides is 1. The van der Waals surface area contributed by atoms with Crippen LogP contribution in [0.1, 0.15) is 22.2 Å². The average molecular weight is 386 g/mol. The van der Waals surface area contributed by atoms with Crippen molar-refractivity contribution in [1.82, 2.24) is 4.90 Å². The van der Waals surface area contributed by atoms with Crippen LogP contribution in [0.5, 0.6) is 0 Å². The number of thiophene rings is 1. The summed E-state index contributed by atoms with van der Waals surface area (Å²) in [5.74, 6) is 0. The third-order valence-electron chi connectivity index (χ3n) is 3.22. The van der Waals surface area contributed by atoms with Crippen molar-refractivity contribution in [2.45, 2.75) is 32.4 Å². The fraction of sp³-hybridized carbons (Fsp3) is 0.615. The zero-order valence-corrected chi connectivity index (χ0v) is 13.8. The lowest BCUT2D eigenvalue weighted by Gasteiger charge is -2.19. The van der Waals surface area contributed by atoms with Gasteiger partial charge in [0.2, 0.25) is 0 Å². The number of ether oxygens (including phenoxy) is 1. The van der Waals surface area contributed by atoms with E-state index >= 15 is 0 Å². The van der Waals surface area contributed by atoms with Crippen LogP contribution in [-0.4, -0.2) is 36.9 Å². The molecule has 0 fully saturated rings. The minimum atomic E-state index is -4.21. The molecule has 1 aliphatic rings. The summed E-state index contributed by atoms with van der Waals surface area (Å²) >= 11 is 4.47. The summed E-state index contributed by atoms with van der Waals surface area (Å²) in [7, 11) is 0. The van der Waals surface area contributed by atoms with Gasteiger partial charge in [0.1, 0.15) is 0 Å². The van der Waals surface area contributed by atoms with Crippen molar-refractivity contribution in [2.75, 3.05) is 19.7 Å². The Labute approximate surface area is 133 Å². The third kappa shape index (κ3) is 4.12. The largest absolute Gasteiger partial charge is 0.450 e. The zero-order chi connectivity index (χ0) is 15.6. The van der Waals surface area contributed by atoms with E-state index in [1.165, 1.54) is 11.3 Å². The molecule has 2 rings (SSSR count). The van der Waals surface area contributed by atoms with Gasteiger partial charge in [-0.3, -0.25) is 0 Å². The number of carbonyl (C=O) groups is 1. The van der Waals surface area contributed by atoms with Gasteiger partial charge >= 0.3 is 12.3 Å². The quantitative estimate of drug-likeness (QED) is 0.764. The second kappa shape index (κ2) is 6.56. The summed E-state index contributed by atoms with van der Waals surface area (Å²) in [6, 6.07) is 0. The van der Waals surface area contributed by atoms with E-state index in [9.17, 15) is 18.0 Å². The molecular formula is C13H15BrF3NO2S. The summed E-state index contributed by atoms with van der Waals surface area (Å²) in [4.78, 5) is 14.6. The minimum absolute atomic E-state index is 0.316. The number of hydrogen-bond acceptors (Lipinski definition) is 3. The lowest BCUT2D eigenvalue weighted by molar-refractivity contribution is -0.126. The molecule has 0 unspecified atom stereocenters. The van der Waals surface area contributed by atoms with Crippen molar-refractivity contribution in [3.63, 3.8) is 0 Å². The van der Waals surface area contributed by atoms with Crippen molar-refractivity contribution >= 4 is 33.4 Å². The molecular weight excluding hydrogens is 371 g/mol. The minimum Gasteiger partial charge on any atom is -0.450 e. The van der Waals surface area contributed by atoms with Crippen LogP contribution in [0.2, 0.25) is 0 Å². The summed E-state index contributed by atoms with van der Waals surface area (Å²) in [5.41, 5.74) is 0.894. The second-order valence-corrected chi connectivity index (χ2v) is 6.70. The standard InChI is InChI=1S/C13H15BrF3NO2S/c1-2-20-12(19)18-5-3-8-9(4-6-18)21-10(11(8)14)7-13(15,16)17/h2-7H2,1H3. The number of hydrogen-bond donors (Lipinski definition) is 0. The van der Waals surface area contributed by atoms with E-state index < -0.39 is 12.6 Å². The molecule has 3 nitrogen and oxygen atoms in total. The van der Waals surface area contributed by atoms with Gasteiger partial charge < -0.3 is 9.64 Å². The molecule has 1 aromatic heterocycles. The Balaban J connectivity index is 2.12. The summed E-state index contributed by atoms with van der Waals surface area (Å²) in [6.45, 7) is 3.00. The van der Waals surface area contributed by atoms with Gasteiger partial charge in [-0.15, -0.1) is 11.3 Å². The lowest BCUT2D eigenvalue weighted by Crippen LogP contribution is -2.33. The van der Waals surface area contributed by atoms with E-state index in [2.05, 4.69) is 15.9 Å². The Morgan fingerprint density at radius 2 is 2.05 bits per heavy atom.